The van der Waals surface area contributed by atoms with Gasteiger partial charge in [0.1, 0.15) is 5.75 Å². The number of rotatable bonds is 6. The number of imidazole rings is 1. The van der Waals surface area contributed by atoms with E-state index in [1.807, 2.05) is 80.1 Å². The van der Waals surface area contributed by atoms with E-state index in [1.165, 1.54) is 0 Å². The fourth-order valence-corrected chi connectivity index (χ4v) is 2.67. The molecule has 0 aliphatic rings. The predicted octanol–water partition coefficient (Wildman–Crippen LogP) is 4.15. The number of carbonyl (C=O) groups is 1. The van der Waals surface area contributed by atoms with Gasteiger partial charge in [-0.1, -0.05) is 12.1 Å². The van der Waals surface area contributed by atoms with Gasteiger partial charge in [0.15, 0.2) is 0 Å². The second kappa shape index (κ2) is 7.87. The molecule has 5 nitrogen and oxygen atoms in total. The van der Waals surface area contributed by atoms with E-state index in [1.54, 1.807) is 12.5 Å². The number of benzene rings is 2. The first-order valence-corrected chi connectivity index (χ1v) is 8.69. The molecule has 1 heterocycles. The zero-order valence-corrected chi connectivity index (χ0v) is 15.2. The predicted molar refractivity (Wildman–Crippen MR) is 102 cm³/mol. The Labute approximate surface area is 153 Å². The number of hydrogen-bond donors (Lipinski definition) is 1. The maximum Gasteiger partial charge on any atom is 0.251 e. The molecule has 1 atom stereocenters. The number of ether oxygens (including phenoxy) is 1. The molecule has 0 fully saturated rings. The molecule has 0 aliphatic heterocycles. The molecule has 26 heavy (non-hydrogen) atoms. The second-order valence-corrected chi connectivity index (χ2v) is 6.45. The van der Waals surface area contributed by atoms with Gasteiger partial charge in [-0.3, -0.25) is 4.79 Å². The summed E-state index contributed by atoms with van der Waals surface area (Å²) in [7, 11) is 0. The average molecular weight is 349 g/mol. The standard InChI is InChI=1S/C21H23N3O2/c1-15(2)26-20-10-6-17(7-11-20)16(3)23-21(25)18-4-8-19(9-5-18)24-13-12-22-14-24/h4-16H,1-3H3,(H,23,25). The van der Waals surface area contributed by atoms with Crippen molar-refractivity contribution < 1.29 is 9.53 Å². The normalized spacial score (nSPS) is 12.0. The van der Waals surface area contributed by atoms with Gasteiger partial charge in [0.25, 0.3) is 5.91 Å². The van der Waals surface area contributed by atoms with Crippen molar-refractivity contribution in [1.82, 2.24) is 14.9 Å². The minimum atomic E-state index is -0.0998. The summed E-state index contributed by atoms with van der Waals surface area (Å²) in [5, 5.41) is 3.03. The maximum atomic E-state index is 12.5. The highest BCUT2D eigenvalue weighted by atomic mass is 16.5. The maximum absolute atomic E-state index is 12.5. The van der Waals surface area contributed by atoms with Crippen LogP contribution >= 0.6 is 0 Å². The van der Waals surface area contributed by atoms with Crippen LogP contribution in [0.3, 0.4) is 0 Å². The van der Waals surface area contributed by atoms with Gasteiger partial charge in [0.05, 0.1) is 18.5 Å². The van der Waals surface area contributed by atoms with E-state index in [0.29, 0.717) is 5.56 Å². The Morgan fingerprint density at radius 3 is 2.31 bits per heavy atom. The van der Waals surface area contributed by atoms with E-state index in [2.05, 4.69) is 10.3 Å². The molecule has 0 aliphatic carbocycles. The Kier molecular flexibility index (Phi) is 5.37. The molecule has 2 aromatic carbocycles. The van der Waals surface area contributed by atoms with Gasteiger partial charge < -0.3 is 14.6 Å². The Morgan fingerprint density at radius 2 is 1.73 bits per heavy atom. The molecule has 1 unspecified atom stereocenters. The monoisotopic (exact) mass is 349 g/mol. The Morgan fingerprint density at radius 1 is 1.04 bits per heavy atom. The van der Waals surface area contributed by atoms with Gasteiger partial charge in [-0.05, 0) is 62.7 Å². The summed E-state index contributed by atoms with van der Waals surface area (Å²) in [5.41, 5.74) is 2.62. The van der Waals surface area contributed by atoms with Crippen LogP contribution in [0.1, 0.15) is 42.7 Å². The van der Waals surface area contributed by atoms with Crippen molar-refractivity contribution in [3.8, 4) is 11.4 Å². The van der Waals surface area contributed by atoms with E-state index < -0.39 is 0 Å². The van der Waals surface area contributed by atoms with Crippen molar-refractivity contribution in [2.24, 2.45) is 0 Å². The summed E-state index contributed by atoms with van der Waals surface area (Å²) in [6.07, 6.45) is 5.45. The van der Waals surface area contributed by atoms with Gasteiger partial charge in [-0.15, -0.1) is 0 Å². The van der Waals surface area contributed by atoms with Crippen molar-refractivity contribution in [1.29, 1.82) is 0 Å². The van der Waals surface area contributed by atoms with Crippen molar-refractivity contribution >= 4 is 5.91 Å². The molecule has 5 heteroatoms. The fraction of sp³-hybridized carbons (Fsp3) is 0.238. The minimum absolute atomic E-state index is 0.0936. The number of nitrogens with one attached hydrogen (secondary N) is 1. The van der Waals surface area contributed by atoms with E-state index in [9.17, 15) is 4.79 Å². The Hall–Kier alpha value is -3.08. The highest BCUT2D eigenvalue weighted by Crippen LogP contribution is 2.19. The summed E-state index contributed by atoms with van der Waals surface area (Å²) in [6, 6.07) is 15.2. The van der Waals surface area contributed by atoms with E-state index >= 15 is 0 Å². The summed E-state index contributed by atoms with van der Waals surface area (Å²) in [4.78, 5) is 16.5. The molecular formula is C21H23N3O2. The summed E-state index contributed by atoms with van der Waals surface area (Å²) in [5.74, 6) is 0.731. The van der Waals surface area contributed by atoms with E-state index in [4.69, 9.17) is 4.74 Å². The molecule has 0 spiro atoms. The van der Waals surface area contributed by atoms with Gasteiger partial charge in [-0.2, -0.15) is 0 Å². The van der Waals surface area contributed by atoms with E-state index in [0.717, 1.165) is 17.0 Å². The van der Waals surface area contributed by atoms with Gasteiger partial charge in [-0.25, -0.2) is 4.98 Å². The topological polar surface area (TPSA) is 56.1 Å². The van der Waals surface area contributed by atoms with Crippen molar-refractivity contribution in [3.63, 3.8) is 0 Å². The summed E-state index contributed by atoms with van der Waals surface area (Å²) >= 11 is 0. The van der Waals surface area contributed by atoms with Crippen LogP contribution < -0.4 is 10.1 Å². The smallest absolute Gasteiger partial charge is 0.251 e. The van der Waals surface area contributed by atoms with Crippen molar-refractivity contribution in [2.45, 2.75) is 32.9 Å². The van der Waals surface area contributed by atoms with E-state index in [-0.39, 0.29) is 18.1 Å². The molecule has 0 radical (unpaired) electrons. The molecule has 1 amide bonds. The van der Waals surface area contributed by atoms with Crippen molar-refractivity contribution in [3.05, 3.63) is 78.4 Å². The highest BCUT2D eigenvalue weighted by molar-refractivity contribution is 5.94. The minimum Gasteiger partial charge on any atom is -0.491 e. The Bertz CT molecular complexity index is 838. The van der Waals surface area contributed by atoms with Crippen LogP contribution in [-0.4, -0.2) is 21.6 Å². The molecular weight excluding hydrogens is 326 g/mol. The van der Waals surface area contributed by atoms with Gasteiger partial charge in [0, 0.05) is 23.6 Å². The number of nitrogens with zero attached hydrogens (tertiary/aromatic N) is 2. The average Bonchev–Trinajstić information content (AvgIpc) is 3.16. The van der Waals surface area contributed by atoms with Crippen molar-refractivity contribution in [2.75, 3.05) is 0 Å². The fourth-order valence-electron chi connectivity index (χ4n) is 2.67. The highest BCUT2D eigenvalue weighted by Gasteiger charge is 2.12. The van der Waals surface area contributed by atoms with Crippen LogP contribution in [0.5, 0.6) is 5.75 Å². The first kappa shape index (κ1) is 17.7. The zero-order chi connectivity index (χ0) is 18.5. The third-order valence-electron chi connectivity index (χ3n) is 4.03. The third-order valence-corrected chi connectivity index (χ3v) is 4.03. The molecule has 0 saturated heterocycles. The first-order valence-electron chi connectivity index (χ1n) is 8.69. The Balaban J connectivity index is 1.63. The molecule has 3 aromatic rings. The molecule has 0 saturated carbocycles. The molecule has 3 rings (SSSR count). The number of carbonyl (C=O) groups excluding carboxylic acids is 1. The molecule has 0 bridgehead atoms. The SMILES string of the molecule is CC(C)Oc1ccc(C(C)NC(=O)c2ccc(-n3ccnc3)cc2)cc1. The van der Waals surface area contributed by atoms with Crippen LogP contribution in [0.15, 0.2) is 67.3 Å². The lowest BCUT2D eigenvalue weighted by atomic mass is 10.1. The third kappa shape index (κ3) is 4.30. The van der Waals surface area contributed by atoms with Crippen LogP contribution in [0.4, 0.5) is 0 Å². The lowest BCUT2D eigenvalue weighted by Gasteiger charge is -2.16. The lowest BCUT2D eigenvalue weighted by Crippen LogP contribution is -2.26. The summed E-state index contributed by atoms with van der Waals surface area (Å²) in [6.45, 7) is 5.96. The molecule has 1 N–H and O–H groups in total. The first-order chi connectivity index (χ1) is 12.5. The summed E-state index contributed by atoms with van der Waals surface area (Å²) < 4.78 is 7.54. The lowest BCUT2D eigenvalue weighted by molar-refractivity contribution is 0.0940. The number of aromatic nitrogens is 2. The molecule has 134 valence electrons. The number of hydrogen-bond acceptors (Lipinski definition) is 3. The zero-order valence-electron chi connectivity index (χ0n) is 15.2. The van der Waals surface area contributed by atoms with Crippen LogP contribution in [0.2, 0.25) is 0 Å². The van der Waals surface area contributed by atoms with Crippen LogP contribution in [0.25, 0.3) is 5.69 Å². The van der Waals surface area contributed by atoms with Crippen LogP contribution in [-0.2, 0) is 0 Å². The number of amides is 1. The second-order valence-electron chi connectivity index (χ2n) is 6.45. The quantitative estimate of drug-likeness (QED) is 0.727. The molecule has 1 aromatic heterocycles. The van der Waals surface area contributed by atoms with Gasteiger partial charge in [0.2, 0.25) is 0 Å². The van der Waals surface area contributed by atoms with Gasteiger partial charge >= 0.3 is 0 Å². The van der Waals surface area contributed by atoms with Crippen LogP contribution in [0, 0.1) is 0 Å². The largest absolute Gasteiger partial charge is 0.491 e.